The van der Waals surface area contributed by atoms with Crippen molar-refractivity contribution in [3.8, 4) is 5.75 Å². The Morgan fingerprint density at radius 2 is 2.13 bits per heavy atom. The Hall–Kier alpha value is -2.87. The molecule has 9 heteroatoms. The summed E-state index contributed by atoms with van der Waals surface area (Å²) in [6.07, 6.45) is 1.02. The van der Waals surface area contributed by atoms with Crippen LogP contribution in [-0.4, -0.2) is 22.5 Å². The molecule has 0 radical (unpaired) electrons. The second-order valence-corrected chi connectivity index (χ2v) is 4.92. The van der Waals surface area contributed by atoms with E-state index < -0.39 is 16.4 Å². The topological polar surface area (TPSA) is 103 Å². The van der Waals surface area contributed by atoms with Crippen LogP contribution in [0.5, 0.6) is 5.75 Å². The maximum absolute atomic E-state index is 12.0. The molecule has 0 aliphatic heterocycles. The number of methoxy groups -OCH3 is 1. The Labute approximate surface area is 135 Å². The molecule has 0 unspecified atom stereocenters. The Morgan fingerprint density at radius 3 is 2.74 bits per heavy atom. The molecule has 0 saturated carbocycles. The van der Waals surface area contributed by atoms with Crippen LogP contribution in [0.1, 0.15) is 0 Å². The van der Waals surface area contributed by atoms with Crippen molar-refractivity contribution >= 4 is 28.9 Å². The molecule has 1 aromatic carbocycles. The van der Waals surface area contributed by atoms with Gasteiger partial charge in [0, 0.05) is 17.8 Å². The number of hydrogen-bond donors (Lipinski definition) is 1. The largest absolute Gasteiger partial charge is 0.495 e. The number of anilines is 1. The first-order chi connectivity index (χ1) is 10.9. The minimum absolute atomic E-state index is 0.273. The van der Waals surface area contributed by atoms with Crippen LogP contribution >= 0.6 is 11.6 Å². The SMILES string of the molecule is COc1ccc(NC(=O)Cn2cc([N+](=O)[O-])ccc2=O)cc1Cl. The number of pyridine rings is 1. The number of hydrogen-bond acceptors (Lipinski definition) is 5. The zero-order valence-corrected chi connectivity index (χ0v) is 12.7. The van der Waals surface area contributed by atoms with Gasteiger partial charge in [-0.2, -0.15) is 0 Å². The van der Waals surface area contributed by atoms with E-state index in [1.165, 1.54) is 13.2 Å². The van der Waals surface area contributed by atoms with Crippen LogP contribution in [0.15, 0.2) is 41.3 Å². The molecule has 0 saturated heterocycles. The van der Waals surface area contributed by atoms with Crippen molar-refractivity contribution in [2.45, 2.75) is 6.54 Å². The van der Waals surface area contributed by atoms with Gasteiger partial charge in [-0.25, -0.2) is 0 Å². The number of halogens is 1. The molecule has 0 bridgehead atoms. The predicted octanol–water partition coefficient (Wildman–Crippen LogP) is 2.06. The molecular formula is C14H12ClN3O5. The monoisotopic (exact) mass is 337 g/mol. The van der Waals surface area contributed by atoms with E-state index in [4.69, 9.17) is 16.3 Å². The van der Waals surface area contributed by atoms with Crippen molar-refractivity contribution in [1.29, 1.82) is 0 Å². The molecule has 1 aromatic heterocycles. The van der Waals surface area contributed by atoms with E-state index in [-0.39, 0.29) is 12.2 Å². The third-order valence-electron chi connectivity index (χ3n) is 2.93. The van der Waals surface area contributed by atoms with Crippen LogP contribution in [-0.2, 0) is 11.3 Å². The summed E-state index contributed by atoms with van der Waals surface area (Å²) in [5, 5.41) is 13.6. The number of ether oxygens (including phenoxy) is 1. The predicted molar refractivity (Wildman–Crippen MR) is 84.0 cm³/mol. The fourth-order valence-corrected chi connectivity index (χ4v) is 2.11. The molecule has 0 aliphatic carbocycles. The number of aromatic nitrogens is 1. The number of benzene rings is 1. The van der Waals surface area contributed by atoms with Gasteiger partial charge in [-0.1, -0.05) is 11.6 Å². The number of amides is 1. The number of carbonyl (C=O) groups excluding carboxylic acids is 1. The minimum atomic E-state index is -0.642. The summed E-state index contributed by atoms with van der Waals surface area (Å²) >= 11 is 5.95. The lowest BCUT2D eigenvalue weighted by atomic mass is 10.3. The molecule has 120 valence electrons. The lowest BCUT2D eigenvalue weighted by Crippen LogP contribution is -2.26. The van der Waals surface area contributed by atoms with Crippen LogP contribution in [0.3, 0.4) is 0 Å². The summed E-state index contributed by atoms with van der Waals surface area (Å²) in [7, 11) is 1.47. The van der Waals surface area contributed by atoms with E-state index in [0.717, 1.165) is 22.9 Å². The van der Waals surface area contributed by atoms with Gasteiger partial charge in [-0.05, 0) is 18.2 Å². The van der Waals surface area contributed by atoms with E-state index in [2.05, 4.69) is 5.32 Å². The molecular weight excluding hydrogens is 326 g/mol. The smallest absolute Gasteiger partial charge is 0.285 e. The maximum Gasteiger partial charge on any atom is 0.285 e. The number of nitro groups is 1. The second kappa shape index (κ2) is 6.93. The van der Waals surface area contributed by atoms with Crippen molar-refractivity contribution in [3.63, 3.8) is 0 Å². The Morgan fingerprint density at radius 1 is 1.39 bits per heavy atom. The fraction of sp³-hybridized carbons (Fsp3) is 0.143. The normalized spacial score (nSPS) is 10.2. The van der Waals surface area contributed by atoms with Crippen LogP contribution in [0.4, 0.5) is 11.4 Å². The molecule has 8 nitrogen and oxygen atoms in total. The summed E-state index contributed by atoms with van der Waals surface area (Å²) in [6, 6.07) is 6.78. The van der Waals surface area contributed by atoms with E-state index in [1.807, 2.05) is 0 Å². The number of rotatable bonds is 5. The van der Waals surface area contributed by atoms with Crippen molar-refractivity contribution in [2.24, 2.45) is 0 Å². The molecule has 0 fully saturated rings. The third kappa shape index (κ3) is 4.07. The molecule has 2 rings (SSSR count). The average molecular weight is 338 g/mol. The molecule has 2 aromatic rings. The van der Waals surface area contributed by atoms with Gasteiger partial charge in [-0.3, -0.25) is 24.3 Å². The fourth-order valence-electron chi connectivity index (χ4n) is 1.85. The van der Waals surface area contributed by atoms with Gasteiger partial charge in [0.2, 0.25) is 5.91 Å². The van der Waals surface area contributed by atoms with Crippen molar-refractivity contribution in [3.05, 3.63) is 62.0 Å². The summed E-state index contributed by atoms with van der Waals surface area (Å²) in [6.45, 7) is -0.357. The molecule has 1 amide bonds. The Bertz CT molecular complexity index is 818. The van der Waals surface area contributed by atoms with E-state index >= 15 is 0 Å². The Balaban J connectivity index is 2.14. The van der Waals surface area contributed by atoms with Gasteiger partial charge in [0.05, 0.1) is 23.3 Å². The summed E-state index contributed by atoms with van der Waals surface area (Å²) in [5.41, 5.74) is -0.373. The van der Waals surface area contributed by atoms with Crippen molar-refractivity contribution in [2.75, 3.05) is 12.4 Å². The standard InChI is InChI=1S/C14H12ClN3O5/c1-23-12-4-2-9(6-11(12)15)16-13(19)8-17-7-10(18(21)22)3-5-14(17)20/h2-7H,8H2,1H3,(H,16,19). The average Bonchev–Trinajstić information content (AvgIpc) is 2.49. The highest BCUT2D eigenvalue weighted by Gasteiger charge is 2.11. The highest BCUT2D eigenvalue weighted by atomic mass is 35.5. The summed E-state index contributed by atoms with van der Waals surface area (Å²) in [5.74, 6) is -0.0617. The number of carbonyl (C=O) groups is 1. The zero-order chi connectivity index (χ0) is 17.0. The lowest BCUT2D eigenvalue weighted by molar-refractivity contribution is -0.385. The second-order valence-electron chi connectivity index (χ2n) is 4.51. The van der Waals surface area contributed by atoms with E-state index in [9.17, 15) is 19.7 Å². The van der Waals surface area contributed by atoms with Gasteiger partial charge < -0.3 is 10.1 Å². The highest BCUT2D eigenvalue weighted by molar-refractivity contribution is 6.32. The number of nitrogens with zero attached hydrogens (tertiary/aromatic N) is 2. The first-order valence-electron chi connectivity index (χ1n) is 6.39. The third-order valence-corrected chi connectivity index (χ3v) is 3.22. The maximum atomic E-state index is 12.0. The summed E-state index contributed by atoms with van der Waals surface area (Å²) in [4.78, 5) is 33.7. The molecule has 1 N–H and O–H groups in total. The Kier molecular flexibility index (Phi) is 4.97. The van der Waals surface area contributed by atoms with E-state index in [1.54, 1.807) is 12.1 Å². The molecule has 0 spiro atoms. The number of nitrogens with one attached hydrogen (secondary N) is 1. The van der Waals surface area contributed by atoms with Crippen LogP contribution < -0.4 is 15.6 Å². The minimum Gasteiger partial charge on any atom is -0.495 e. The summed E-state index contributed by atoms with van der Waals surface area (Å²) < 4.78 is 5.95. The van der Waals surface area contributed by atoms with Crippen molar-refractivity contribution in [1.82, 2.24) is 4.57 Å². The van der Waals surface area contributed by atoms with Crippen LogP contribution in [0.2, 0.25) is 5.02 Å². The van der Waals surface area contributed by atoms with Gasteiger partial charge in [-0.15, -0.1) is 0 Å². The molecule has 1 heterocycles. The van der Waals surface area contributed by atoms with Gasteiger partial charge in [0.15, 0.2) is 0 Å². The van der Waals surface area contributed by atoms with Gasteiger partial charge in [0.1, 0.15) is 12.3 Å². The first-order valence-corrected chi connectivity index (χ1v) is 6.77. The quantitative estimate of drug-likeness (QED) is 0.664. The molecule has 0 aliphatic rings. The van der Waals surface area contributed by atoms with Crippen molar-refractivity contribution < 1.29 is 14.5 Å². The molecule has 0 atom stereocenters. The van der Waals surface area contributed by atoms with Crippen LogP contribution in [0, 0.1) is 10.1 Å². The highest BCUT2D eigenvalue weighted by Crippen LogP contribution is 2.27. The van der Waals surface area contributed by atoms with Crippen LogP contribution in [0.25, 0.3) is 0 Å². The molecule has 23 heavy (non-hydrogen) atoms. The first kappa shape index (κ1) is 16.5. The van der Waals surface area contributed by atoms with E-state index in [0.29, 0.717) is 16.5 Å². The lowest BCUT2D eigenvalue weighted by Gasteiger charge is -2.09. The zero-order valence-electron chi connectivity index (χ0n) is 12.0. The van der Waals surface area contributed by atoms with Gasteiger partial charge >= 0.3 is 0 Å². The van der Waals surface area contributed by atoms with Gasteiger partial charge in [0.25, 0.3) is 11.2 Å².